The van der Waals surface area contributed by atoms with Gasteiger partial charge in [0.1, 0.15) is 12.2 Å². The van der Waals surface area contributed by atoms with E-state index in [1.165, 1.54) is 5.69 Å². The molecule has 15 heavy (non-hydrogen) atoms. The van der Waals surface area contributed by atoms with E-state index in [1.54, 1.807) is 0 Å². The Labute approximate surface area is 92.9 Å². The van der Waals surface area contributed by atoms with E-state index in [-0.39, 0.29) is 0 Å². The van der Waals surface area contributed by atoms with Gasteiger partial charge >= 0.3 is 0 Å². The third-order valence-corrected chi connectivity index (χ3v) is 2.74. The van der Waals surface area contributed by atoms with Gasteiger partial charge in [0, 0.05) is 6.42 Å². The lowest BCUT2D eigenvalue weighted by molar-refractivity contribution is 0.370. The number of hydrogen-bond acceptors (Lipinski definition) is 0. The van der Waals surface area contributed by atoms with Crippen molar-refractivity contribution in [2.75, 3.05) is 20.1 Å². The van der Waals surface area contributed by atoms with Gasteiger partial charge in [-0.2, -0.15) is 0 Å². The second kappa shape index (κ2) is 5.52. The van der Waals surface area contributed by atoms with E-state index in [2.05, 4.69) is 50.5 Å². The lowest BCUT2D eigenvalue weighted by atomic mass is 10.2. The van der Waals surface area contributed by atoms with Gasteiger partial charge in [-0.05, 0) is 18.2 Å². The molecule has 0 aliphatic carbocycles. The van der Waals surface area contributed by atoms with Crippen LogP contribution in [-0.4, -0.2) is 20.1 Å². The molecule has 0 fully saturated rings. The Hall–Kier alpha value is -1.34. The number of quaternary nitrogens is 1. The molecule has 1 rings (SSSR count). The van der Waals surface area contributed by atoms with Crippen molar-refractivity contribution in [3.05, 3.63) is 55.6 Å². The normalized spacial score (nSPS) is 14.2. The Morgan fingerprint density at radius 3 is 2.33 bits per heavy atom. The molecular formula is C14H20N+. The van der Waals surface area contributed by atoms with Gasteiger partial charge in [0.15, 0.2) is 0 Å². The fourth-order valence-corrected chi connectivity index (χ4v) is 1.77. The zero-order valence-electron chi connectivity index (χ0n) is 9.52. The van der Waals surface area contributed by atoms with Crippen LogP contribution in [0.15, 0.2) is 55.6 Å². The zero-order chi connectivity index (χ0) is 11.1. The summed E-state index contributed by atoms with van der Waals surface area (Å²) in [7, 11) is 2.24. The molecule has 1 aromatic rings. The van der Waals surface area contributed by atoms with Crippen LogP contribution < -0.4 is 4.48 Å². The van der Waals surface area contributed by atoms with Crippen LogP contribution in [0.1, 0.15) is 6.42 Å². The summed E-state index contributed by atoms with van der Waals surface area (Å²) in [6.45, 7) is 9.64. The highest BCUT2D eigenvalue weighted by Gasteiger charge is 2.21. The lowest BCUT2D eigenvalue weighted by Crippen LogP contribution is -2.45. The molecule has 1 aromatic carbocycles. The second-order valence-corrected chi connectivity index (χ2v) is 4.00. The van der Waals surface area contributed by atoms with E-state index >= 15 is 0 Å². The molecule has 0 aromatic heterocycles. The van der Waals surface area contributed by atoms with Crippen LogP contribution in [0, 0.1) is 0 Å². The van der Waals surface area contributed by atoms with Crippen molar-refractivity contribution < 1.29 is 0 Å². The largest absolute Gasteiger partial charge is 0.290 e. The Balaban J connectivity index is 2.89. The number of hydrogen-bond donors (Lipinski definition) is 0. The molecule has 0 radical (unpaired) electrons. The predicted molar refractivity (Wildman–Crippen MR) is 68.9 cm³/mol. The van der Waals surface area contributed by atoms with Crippen LogP contribution in [0.2, 0.25) is 0 Å². The molecular weight excluding hydrogens is 182 g/mol. The number of benzene rings is 1. The van der Waals surface area contributed by atoms with Gasteiger partial charge in [-0.3, -0.25) is 4.48 Å². The molecule has 0 saturated carbocycles. The van der Waals surface area contributed by atoms with Crippen molar-refractivity contribution in [3.63, 3.8) is 0 Å². The summed E-state index contributed by atoms with van der Waals surface area (Å²) in [5, 5.41) is 0. The average molecular weight is 202 g/mol. The minimum atomic E-state index is 0.899. The molecule has 0 aliphatic rings. The maximum absolute atomic E-state index is 3.84. The van der Waals surface area contributed by atoms with E-state index in [0.717, 1.165) is 24.0 Å². The standard InChI is InChI=1S/C14H20N/c1-4-6-13-15(3,12-5-2)14-10-8-7-9-11-14/h4-5,7-11H,1-2,6,12-13H2,3H3/q+1. The van der Waals surface area contributed by atoms with Crippen LogP contribution >= 0.6 is 0 Å². The number of rotatable bonds is 6. The minimum Gasteiger partial charge on any atom is -0.290 e. The number of nitrogens with zero attached hydrogens (tertiary/aromatic N) is 1. The first-order valence-corrected chi connectivity index (χ1v) is 5.35. The highest BCUT2D eigenvalue weighted by molar-refractivity contribution is 5.42. The van der Waals surface area contributed by atoms with Crippen LogP contribution in [0.25, 0.3) is 0 Å². The van der Waals surface area contributed by atoms with Gasteiger partial charge in [0.25, 0.3) is 0 Å². The van der Waals surface area contributed by atoms with Crippen LogP contribution in [0.5, 0.6) is 0 Å². The van der Waals surface area contributed by atoms with Crippen molar-refractivity contribution in [1.82, 2.24) is 4.48 Å². The van der Waals surface area contributed by atoms with Gasteiger partial charge < -0.3 is 0 Å². The maximum Gasteiger partial charge on any atom is 0.132 e. The van der Waals surface area contributed by atoms with Crippen LogP contribution in [0.3, 0.4) is 0 Å². The number of para-hydroxylation sites is 1. The quantitative estimate of drug-likeness (QED) is 0.490. The fourth-order valence-electron chi connectivity index (χ4n) is 1.77. The maximum atomic E-state index is 3.84. The third kappa shape index (κ3) is 3.07. The summed E-state index contributed by atoms with van der Waals surface area (Å²) in [6, 6.07) is 10.6. The summed E-state index contributed by atoms with van der Waals surface area (Å²) in [5.74, 6) is 0. The first kappa shape index (κ1) is 11.7. The van der Waals surface area contributed by atoms with Crippen LogP contribution in [0.4, 0.5) is 5.69 Å². The highest BCUT2D eigenvalue weighted by atomic mass is 15.3. The molecule has 0 aliphatic heterocycles. The second-order valence-electron chi connectivity index (χ2n) is 4.00. The summed E-state index contributed by atoms with van der Waals surface area (Å²) in [4.78, 5) is 0. The molecule has 1 nitrogen and oxygen atoms in total. The number of likely N-dealkylation sites (N-methyl/N-ethyl adjacent to an activating group) is 1. The van der Waals surface area contributed by atoms with E-state index < -0.39 is 0 Å². The van der Waals surface area contributed by atoms with E-state index in [1.807, 2.05) is 12.2 Å². The van der Waals surface area contributed by atoms with E-state index in [0.29, 0.717) is 0 Å². The van der Waals surface area contributed by atoms with Gasteiger partial charge in [0.05, 0.1) is 13.6 Å². The molecule has 1 atom stereocenters. The first-order valence-electron chi connectivity index (χ1n) is 5.35. The van der Waals surface area contributed by atoms with E-state index in [4.69, 9.17) is 0 Å². The highest BCUT2D eigenvalue weighted by Crippen LogP contribution is 2.20. The van der Waals surface area contributed by atoms with Crippen LogP contribution in [-0.2, 0) is 0 Å². The topological polar surface area (TPSA) is 0 Å². The van der Waals surface area contributed by atoms with Crippen molar-refractivity contribution in [3.8, 4) is 0 Å². The van der Waals surface area contributed by atoms with Crippen molar-refractivity contribution >= 4 is 5.69 Å². The SMILES string of the molecule is C=CCC[N+](C)(CC=C)c1ccccc1. The zero-order valence-corrected chi connectivity index (χ0v) is 9.52. The first-order chi connectivity index (χ1) is 7.23. The Morgan fingerprint density at radius 2 is 1.80 bits per heavy atom. The van der Waals surface area contributed by atoms with Gasteiger partial charge in [0.2, 0.25) is 0 Å². The van der Waals surface area contributed by atoms with Gasteiger partial charge in [-0.15, -0.1) is 6.58 Å². The van der Waals surface area contributed by atoms with E-state index in [9.17, 15) is 0 Å². The smallest absolute Gasteiger partial charge is 0.132 e. The molecule has 0 spiro atoms. The van der Waals surface area contributed by atoms with Gasteiger partial charge in [-0.1, -0.05) is 30.9 Å². The monoisotopic (exact) mass is 202 g/mol. The molecule has 0 amide bonds. The molecule has 80 valence electrons. The molecule has 0 N–H and O–H groups in total. The molecule has 1 heteroatoms. The Morgan fingerprint density at radius 1 is 1.13 bits per heavy atom. The fraction of sp³-hybridized carbons (Fsp3) is 0.286. The molecule has 0 saturated heterocycles. The summed E-state index contributed by atoms with van der Waals surface area (Å²) in [6.07, 6.45) is 4.98. The third-order valence-electron chi connectivity index (χ3n) is 2.74. The predicted octanol–water partition coefficient (Wildman–Crippen LogP) is 3.39. The molecule has 0 heterocycles. The Kier molecular flexibility index (Phi) is 4.32. The minimum absolute atomic E-state index is 0.899. The van der Waals surface area contributed by atoms with Gasteiger partial charge in [-0.25, -0.2) is 0 Å². The lowest BCUT2D eigenvalue weighted by Gasteiger charge is -2.32. The van der Waals surface area contributed by atoms with Crippen molar-refractivity contribution in [2.45, 2.75) is 6.42 Å². The average Bonchev–Trinajstić information content (AvgIpc) is 2.28. The summed E-state index contributed by atoms with van der Waals surface area (Å²) >= 11 is 0. The summed E-state index contributed by atoms with van der Waals surface area (Å²) in [5.41, 5.74) is 1.33. The Bertz CT molecular complexity index is 315. The van der Waals surface area contributed by atoms with Crippen molar-refractivity contribution in [2.24, 2.45) is 0 Å². The van der Waals surface area contributed by atoms with Crippen molar-refractivity contribution in [1.29, 1.82) is 0 Å². The molecule has 1 unspecified atom stereocenters. The molecule has 0 bridgehead atoms. The summed E-state index contributed by atoms with van der Waals surface area (Å²) < 4.78 is 0.899.